The summed E-state index contributed by atoms with van der Waals surface area (Å²) in [6.45, 7) is 0.176. The van der Waals surface area contributed by atoms with Crippen molar-refractivity contribution in [2.75, 3.05) is 5.75 Å². The minimum Gasteiger partial charge on any atom is -0.350 e. The molecule has 0 unspecified atom stereocenters. The molecule has 0 radical (unpaired) electrons. The third-order valence-electron chi connectivity index (χ3n) is 3.63. The Bertz CT molecular complexity index is 972. The molecule has 0 fully saturated rings. The van der Waals surface area contributed by atoms with Crippen LogP contribution in [0.2, 0.25) is 0 Å². The van der Waals surface area contributed by atoms with E-state index in [9.17, 15) is 13.2 Å². The Kier molecular flexibility index (Phi) is 5.37. The van der Waals surface area contributed by atoms with E-state index in [1.54, 1.807) is 53.6 Å². The summed E-state index contributed by atoms with van der Waals surface area (Å²) in [7, 11) is -3.47. The van der Waals surface area contributed by atoms with Gasteiger partial charge in [0.25, 0.3) is 0 Å². The third kappa shape index (κ3) is 4.51. The minimum absolute atomic E-state index is 0.115. The van der Waals surface area contributed by atoms with Crippen LogP contribution in [-0.2, 0) is 21.2 Å². The molecule has 134 valence electrons. The van der Waals surface area contributed by atoms with Gasteiger partial charge in [0.1, 0.15) is 5.69 Å². The van der Waals surface area contributed by atoms with Gasteiger partial charge in [0.2, 0.25) is 5.91 Å². The van der Waals surface area contributed by atoms with Crippen molar-refractivity contribution in [3.8, 4) is 5.69 Å². The number of rotatable bonds is 7. The number of carbonyl (C=O) groups is 1. The molecule has 0 bridgehead atoms. The van der Waals surface area contributed by atoms with Crippen molar-refractivity contribution >= 4 is 15.7 Å². The van der Waals surface area contributed by atoms with Crippen LogP contribution in [0.25, 0.3) is 5.69 Å². The molecule has 0 aliphatic rings. The van der Waals surface area contributed by atoms with Crippen LogP contribution in [0.5, 0.6) is 0 Å². The van der Waals surface area contributed by atoms with Crippen molar-refractivity contribution in [3.63, 3.8) is 0 Å². The van der Waals surface area contributed by atoms with E-state index in [-0.39, 0.29) is 29.5 Å². The maximum absolute atomic E-state index is 12.2. The van der Waals surface area contributed by atoms with E-state index in [1.807, 2.05) is 0 Å². The summed E-state index contributed by atoms with van der Waals surface area (Å²) in [5, 5.41) is 10.6. The SMILES string of the molecule is O=C(CCS(=O)(=O)c1ccccc1)NCc1cn(-c2ccncc2)nn1. The highest BCUT2D eigenvalue weighted by molar-refractivity contribution is 7.91. The molecule has 0 saturated carbocycles. The maximum Gasteiger partial charge on any atom is 0.221 e. The number of aromatic nitrogens is 4. The number of carbonyl (C=O) groups excluding carboxylic acids is 1. The zero-order valence-corrected chi connectivity index (χ0v) is 14.6. The first kappa shape index (κ1) is 17.7. The fourth-order valence-electron chi connectivity index (χ4n) is 2.25. The molecule has 3 rings (SSSR count). The van der Waals surface area contributed by atoms with Crippen LogP contribution in [-0.4, -0.2) is 40.1 Å². The number of hydrogen-bond acceptors (Lipinski definition) is 6. The number of hydrogen-bond donors (Lipinski definition) is 1. The van der Waals surface area contributed by atoms with Crippen LogP contribution in [0.4, 0.5) is 0 Å². The normalized spacial score (nSPS) is 11.2. The third-order valence-corrected chi connectivity index (χ3v) is 5.37. The van der Waals surface area contributed by atoms with E-state index >= 15 is 0 Å². The maximum atomic E-state index is 12.2. The number of amides is 1. The molecule has 0 spiro atoms. The van der Waals surface area contributed by atoms with Crippen LogP contribution >= 0.6 is 0 Å². The van der Waals surface area contributed by atoms with E-state index in [2.05, 4.69) is 20.6 Å². The first-order chi connectivity index (χ1) is 12.5. The molecule has 1 N–H and O–H groups in total. The van der Waals surface area contributed by atoms with Crippen molar-refractivity contribution < 1.29 is 13.2 Å². The molecule has 0 atom stereocenters. The smallest absolute Gasteiger partial charge is 0.221 e. The number of nitrogens with one attached hydrogen (secondary N) is 1. The highest BCUT2D eigenvalue weighted by Gasteiger charge is 2.16. The first-order valence-corrected chi connectivity index (χ1v) is 9.56. The summed E-state index contributed by atoms with van der Waals surface area (Å²) >= 11 is 0. The van der Waals surface area contributed by atoms with E-state index < -0.39 is 9.84 Å². The number of nitrogens with zero attached hydrogens (tertiary/aromatic N) is 4. The highest BCUT2D eigenvalue weighted by Crippen LogP contribution is 2.11. The Morgan fingerprint density at radius 2 is 1.81 bits per heavy atom. The second kappa shape index (κ2) is 7.87. The van der Waals surface area contributed by atoms with Gasteiger partial charge in [0, 0.05) is 18.8 Å². The van der Waals surface area contributed by atoms with Crippen molar-refractivity contribution in [3.05, 3.63) is 66.7 Å². The Labute approximate surface area is 150 Å². The fraction of sp³-hybridized carbons (Fsp3) is 0.176. The second-order valence-corrected chi connectivity index (χ2v) is 7.63. The predicted octanol–water partition coefficient (Wildman–Crippen LogP) is 1.14. The van der Waals surface area contributed by atoms with E-state index in [0.29, 0.717) is 5.69 Å². The lowest BCUT2D eigenvalue weighted by Gasteiger charge is -2.05. The quantitative estimate of drug-likeness (QED) is 0.667. The molecular formula is C17H17N5O3S. The fourth-order valence-corrected chi connectivity index (χ4v) is 3.51. The van der Waals surface area contributed by atoms with Crippen LogP contribution in [0.3, 0.4) is 0 Å². The lowest BCUT2D eigenvalue weighted by Crippen LogP contribution is -2.25. The number of benzene rings is 1. The summed E-state index contributed by atoms with van der Waals surface area (Å²) in [6, 6.07) is 11.6. The van der Waals surface area contributed by atoms with Gasteiger partial charge in [0.05, 0.1) is 29.1 Å². The van der Waals surface area contributed by atoms with E-state index in [0.717, 1.165) is 5.69 Å². The van der Waals surface area contributed by atoms with Gasteiger partial charge in [-0.25, -0.2) is 13.1 Å². The van der Waals surface area contributed by atoms with Gasteiger partial charge >= 0.3 is 0 Å². The Balaban J connectivity index is 1.51. The Morgan fingerprint density at radius 3 is 2.54 bits per heavy atom. The average molecular weight is 371 g/mol. The molecule has 3 aromatic rings. The molecule has 0 aliphatic heterocycles. The molecule has 0 aliphatic carbocycles. The van der Waals surface area contributed by atoms with Crippen LogP contribution < -0.4 is 5.32 Å². The summed E-state index contributed by atoms with van der Waals surface area (Å²) < 4.78 is 25.9. The zero-order valence-electron chi connectivity index (χ0n) is 13.8. The molecule has 2 aromatic heterocycles. The molecular weight excluding hydrogens is 354 g/mol. The molecule has 1 amide bonds. The van der Waals surface area contributed by atoms with Crippen molar-refractivity contribution in [2.45, 2.75) is 17.9 Å². The topological polar surface area (TPSA) is 107 Å². The summed E-state index contributed by atoms with van der Waals surface area (Å²) in [4.78, 5) is 16.1. The van der Waals surface area contributed by atoms with Crippen molar-refractivity contribution in [1.82, 2.24) is 25.3 Å². The molecule has 2 heterocycles. The predicted molar refractivity (Wildman–Crippen MR) is 94.1 cm³/mol. The first-order valence-electron chi connectivity index (χ1n) is 7.91. The van der Waals surface area contributed by atoms with Gasteiger partial charge in [-0.15, -0.1) is 5.10 Å². The van der Waals surface area contributed by atoms with Gasteiger partial charge in [-0.1, -0.05) is 23.4 Å². The number of sulfone groups is 1. The lowest BCUT2D eigenvalue weighted by atomic mass is 10.4. The standard InChI is InChI=1S/C17H17N5O3S/c23-17(8-11-26(24,25)16-4-2-1-3-5-16)19-12-14-13-22(21-20-14)15-6-9-18-10-7-15/h1-7,9-10,13H,8,11-12H2,(H,19,23). The largest absolute Gasteiger partial charge is 0.350 e. The monoisotopic (exact) mass is 371 g/mol. The molecule has 0 saturated heterocycles. The average Bonchev–Trinajstić information content (AvgIpc) is 3.15. The van der Waals surface area contributed by atoms with Gasteiger partial charge in [-0.2, -0.15) is 0 Å². The van der Waals surface area contributed by atoms with Crippen LogP contribution in [0, 0.1) is 0 Å². The van der Waals surface area contributed by atoms with Crippen LogP contribution in [0.1, 0.15) is 12.1 Å². The minimum atomic E-state index is -3.47. The summed E-state index contributed by atoms with van der Waals surface area (Å²) in [5.74, 6) is -0.602. The molecule has 1 aromatic carbocycles. The molecule has 9 heteroatoms. The Morgan fingerprint density at radius 1 is 1.08 bits per heavy atom. The molecule has 26 heavy (non-hydrogen) atoms. The van der Waals surface area contributed by atoms with Gasteiger partial charge < -0.3 is 5.32 Å². The Hall–Kier alpha value is -3.07. The van der Waals surface area contributed by atoms with E-state index in [1.165, 1.54) is 12.1 Å². The van der Waals surface area contributed by atoms with Gasteiger partial charge in [-0.05, 0) is 24.3 Å². The van der Waals surface area contributed by atoms with Crippen molar-refractivity contribution in [1.29, 1.82) is 0 Å². The number of pyridine rings is 1. The van der Waals surface area contributed by atoms with E-state index in [4.69, 9.17) is 0 Å². The zero-order chi connectivity index (χ0) is 18.4. The van der Waals surface area contributed by atoms with Gasteiger partial charge in [-0.3, -0.25) is 9.78 Å². The molecule has 8 nitrogen and oxygen atoms in total. The lowest BCUT2D eigenvalue weighted by molar-refractivity contribution is -0.120. The summed E-state index contributed by atoms with van der Waals surface area (Å²) in [6.07, 6.45) is 4.86. The van der Waals surface area contributed by atoms with Crippen LogP contribution in [0.15, 0.2) is 66.0 Å². The second-order valence-electron chi connectivity index (χ2n) is 5.52. The van der Waals surface area contributed by atoms with Crippen molar-refractivity contribution in [2.24, 2.45) is 0 Å². The highest BCUT2D eigenvalue weighted by atomic mass is 32.2. The summed E-state index contributed by atoms with van der Waals surface area (Å²) in [5.41, 5.74) is 1.38. The van der Waals surface area contributed by atoms with Gasteiger partial charge in [0.15, 0.2) is 9.84 Å².